The second-order valence-electron chi connectivity index (χ2n) is 14.7. The van der Waals surface area contributed by atoms with Crippen molar-refractivity contribution >= 4 is 0 Å². The molecule has 0 N–H and O–H groups in total. The first-order chi connectivity index (χ1) is 25.5. The van der Waals surface area contributed by atoms with Crippen molar-refractivity contribution in [3.8, 4) is 33.9 Å². The molecule has 7 heteroatoms. The van der Waals surface area contributed by atoms with E-state index in [0.29, 0.717) is 0 Å². The van der Waals surface area contributed by atoms with E-state index in [-0.39, 0.29) is 22.5 Å². The average Bonchev–Trinajstić information content (AvgIpc) is 3.98. The van der Waals surface area contributed by atoms with Crippen LogP contribution < -0.4 is 9.97 Å². The molecule has 6 aromatic rings. The van der Waals surface area contributed by atoms with Gasteiger partial charge in [0.2, 0.25) is 0 Å². The zero-order chi connectivity index (χ0) is 37.8. The van der Waals surface area contributed by atoms with Crippen molar-refractivity contribution in [3.63, 3.8) is 0 Å². The first kappa shape index (κ1) is 42.5. The summed E-state index contributed by atoms with van der Waals surface area (Å²) in [7, 11) is 0. The van der Waals surface area contributed by atoms with Crippen LogP contribution in [0, 0.1) is 41.5 Å². The van der Waals surface area contributed by atoms with Crippen LogP contribution in [0.15, 0.2) is 97.3 Å². The number of aromatic nitrogens is 4. The first-order valence-corrected chi connectivity index (χ1v) is 19.0. The Balaban J connectivity index is 0.000000227. The van der Waals surface area contributed by atoms with Crippen molar-refractivity contribution in [2.24, 2.45) is 0 Å². The van der Waals surface area contributed by atoms with Gasteiger partial charge in [0.05, 0.1) is 11.4 Å². The Kier molecular flexibility index (Phi) is 16.1. The molecule has 284 valence electrons. The Bertz CT molecular complexity index is 1820. The first-order valence-electron chi connectivity index (χ1n) is 19.0. The fraction of sp³-hybridized carbons (Fsp3) is 0.362. The molecule has 2 aromatic carbocycles. The smallest absolute Gasteiger partial charge is 0.660 e. The maximum absolute atomic E-state index is 5.07. The summed E-state index contributed by atoms with van der Waals surface area (Å²) in [4.78, 5) is 18.5. The summed E-state index contributed by atoms with van der Waals surface area (Å²) in [5, 5.41) is 0. The molecule has 0 bridgehead atoms. The summed E-state index contributed by atoms with van der Waals surface area (Å²) in [5.74, 6) is 0. The summed E-state index contributed by atoms with van der Waals surface area (Å²) in [5.41, 5.74) is 16.0. The van der Waals surface area contributed by atoms with Gasteiger partial charge in [-0.2, -0.15) is 11.4 Å². The van der Waals surface area contributed by atoms with Crippen molar-refractivity contribution in [2.75, 3.05) is 26.4 Å². The quantitative estimate of drug-likeness (QED) is 0.163. The number of hydrogen-bond donors (Lipinski definition) is 0. The summed E-state index contributed by atoms with van der Waals surface area (Å²) < 4.78 is 9.89. The topological polar surface area (TPSA) is 72.4 Å². The molecule has 2 fully saturated rings. The molecule has 6 heterocycles. The normalized spacial score (nSPS) is 13.4. The van der Waals surface area contributed by atoms with Crippen LogP contribution in [-0.4, -0.2) is 36.4 Å². The molecule has 2 saturated heterocycles. The second kappa shape index (κ2) is 20.4. The minimum absolute atomic E-state index is 0. The number of aryl methyl sites for hydroxylation is 6. The molecule has 6 nitrogen and oxygen atoms in total. The SMILES string of the molecule is C1CCOC1.C1CCOC1.Cc1cc(C)c(-c2ccc(C(C)(C)c3ccc(-c4c(C)cc(C)cc4C)[n-]3)[n-]2)c(C)c1.[Fe+2].c1ccc(-c2ccccn2)nc1. The van der Waals surface area contributed by atoms with Gasteiger partial charge in [0, 0.05) is 38.8 Å². The Morgan fingerprint density at radius 3 is 1.13 bits per heavy atom. The molecule has 0 unspecified atom stereocenters. The second-order valence-corrected chi connectivity index (χ2v) is 14.7. The van der Waals surface area contributed by atoms with E-state index in [0.717, 1.165) is 60.6 Å². The van der Waals surface area contributed by atoms with E-state index in [1.807, 2.05) is 36.4 Å². The molecular formula is C47H56FeN4O2. The number of benzene rings is 2. The largest absolute Gasteiger partial charge is 2.00 e. The molecule has 0 radical (unpaired) electrons. The van der Waals surface area contributed by atoms with Gasteiger partial charge in [-0.15, -0.1) is 11.4 Å². The summed E-state index contributed by atoms with van der Waals surface area (Å²) in [6, 6.07) is 29.2. The molecule has 54 heavy (non-hydrogen) atoms. The number of nitrogens with zero attached hydrogens (tertiary/aromatic N) is 4. The van der Waals surface area contributed by atoms with Crippen molar-refractivity contribution in [1.29, 1.82) is 0 Å². The van der Waals surface area contributed by atoms with Gasteiger partial charge in [-0.05, 0) is 130 Å². The maximum Gasteiger partial charge on any atom is 2.00 e. The van der Waals surface area contributed by atoms with Gasteiger partial charge in [0.15, 0.2) is 0 Å². The molecule has 0 saturated carbocycles. The van der Waals surface area contributed by atoms with Crippen LogP contribution in [0.4, 0.5) is 0 Å². The van der Waals surface area contributed by atoms with Gasteiger partial charge in [0.25, 0.3) is 0 Å². The Hall–Kier alpha value is -4.26. The van der Waals surface area contributed by atoms with Crippen molar-refractivity contribution in [2.45, 2.75) is 86.5 Å². The molecule has 4 aromatic heterocycles. The number of pyridine rings is 2. The monoisotopic (exact) mass is 764 g/mol. The van der Waals surface area contributed by atoms with E-state index in [9.17, 15) is 0 Å². The number of rotatable bonds is 5. The van der Waals surface area contributed by atoms with Crippen LogP contribution >= 0.6 is 0 Å². The molecule has 2 aliphatic heterocycles. The Labute approximate surface area is 334 Å². The minimum Gasteiger partial charge on any atom is -0.660 e. The molecule has 0 aliphatic carbocycles. The Morgan fingerprint density at radius 2 is 0.852 bits per heavy atom. The van der Waals surface area contributed by atoms with E-state index in [1.165, 1.54) is 70.2 Å². The molecule has 8 rings (SSSR count). The molecule has 0 atom stereocenters. The van der Waals surface area contributed by atoms with Gasteiger partial charge in [-0.25, -0.2) is 0 Å². The number of ether oxygens (including phenoxy) is 2. The van der Waals surface area contributed by atoms with Crippen LogP contribution in [0.1, 0.15) is 84.3 Å². The molecular weight excluding hydrogens is 708 g/mol. The third-order valence-corrected chi connectivity index (χ3v) is 9.67. The predicted molar refractivity (Wildman–Crippen MR) is 219 cm³/mol. The van der Waals surface area contributed by atoms with Gasteiger partial charge in [-0.3, -0.25) is 9.97 Å². The van der Waals surface area contributed by atoms with Crippen LogP contribution in [0.25, 0.3) is 33.9 Å². The maximum atomic E-state index is 5.07. The fourth-order valence-electron chi connectivity index (χ4n) is 7.05. The van der Waals surface area contributed by atoms with Crippen LogP contribution in [0.3, 0.4) is 0 Å². The molecule has 0 amide bonds. The van der Waals surface area contributed by atoms with Crippen LogP contribution in [0.2, 0.25) is 0 Å². The zero-order valence-corrected chi connectivity index (χ0v) is 34.5. The molecule has 2 aliphatic rings. The minimum atomic E-state index is -0.268. The van der Waals surface area contributed by atoms with Gasteiger partial charge >= 0.3 is 17.1 Å². The molecule has 0 spiro atoms. The van der Waals surface area contributed by atoms with Crippen molar-refractivity contribution in [3.05, 3.63) is 142 Å². The third-order valence-electron chi connectivity index (χ3n) is 9.67. The predicted octanol–water partition coefficient (Wildman–Crippen LogP) is 10.8. The van der Waals surface area contributed by atoms with Gasteiger partial charge in [-0.1, -0.05) is 85.6 Å². The standard InChI is InChI=1S/C29H32N2.C10H8N2.2C4H8O.Fe/c1-17-13-19(3)27(20(4)14-17)23-9-11-25(30-23)29(7,8)26-12-10-24(31-26)28-21(5)15-18(2)16-22(28)6;1-3-7-11-9(5-1)10-6-2-4-8-12-10;2*1-2-4-5-3-1;/h9-16H,1-8H3;1-8H;2*1-4H2;/q-2;;;;+2. The van der Waals surface area contributed by atoms with Crippen LogP contribution in [-0.2, 0) is 32.0 Å². The Morgan fingerprint density at radius 1 is 0.500 bits per heavy atom. The fourth-order valence-corrected chi connectivity index (χ4v) is 7.05. The van der Waals surface area contributed by atoms with E-state index in [4.69, 9.17) is 19.4 Å². The summed E-state index contributed by atoms with van der Waals surface area (Å²) >= 11 is 0. The van der Waals surface area contributed by atoms with Crippen molar-refractivity contribution < 1.29 is 26.5 Å². The third kappa shape index (κ3) is 11.4. The van der Waals surface area contributed by atoms with E-state index in [1.54, 1.807) is 12.4 Å². The van der Waals surface area contributed by atoms with Gasteiger partial charge in [0.1, 0.15) is 0 Å². The van der Waals surface area contributed by atoms with E-state index in [2.05, 4.69) is 114 Å². The van der Waals surface area contributed by atoms with Gasteiger partial charge < -0.3 is 19.4 Å². The summed E-state index contributed by atoms with van der Waals surface area (Å²) in [6.45, 7) is 21.4. The summed E-state index contributed by atoms with van der Waals surface area (Å²) in [6.07, 6.45) is 8.65. The van der Waals surface area contributed by atoms with Crippen molar-refractivity contribution in [1.82, 2.24) is 19.9 Å². The average molecular weight is 765 g/mol. The van der Waals surface area contributed by atoms with E-state index >= 15 is 0 Å². The zero-order valence-electron chi connectivity index (χ0n) is 33.4. The number of hydrogen-bond acceptors (Lipinski definition) is 4. The van der Waals surface area contributed by atoms with E-state index < -0.39 is 0 Å². The van der Waals surface area contributed by atoms with Crippen LogP contribution in [0.5, 0.6) is 0 Å².